The predicted molar refractivity (Wildman–Crippen MR) is 64.1 cm³/mol. The Balaban J connectivity index is 2.13. The molecule has 1 aliphatic rings. The molecule has 5 heteroatoms. The third kappa shape index (κ3) is 2.61. The highest BCUT2D eigenvalue weighted by Crippen LogP contribution is 2.20. The van der Waals surface area contributed by atoms with Crippen LogP contribution in [0.25, 0.3) is 0 Å². The molecule has 1 fully saturated rings. The van der Waals surface area contributed by atoms with Crippen molar-refractivity contribution < 1.29 is 19.4 Å². The molecule has 96 valence electrons. The molecule has 5 nitrogen and oxygen atoms in total. The summed E-state index contributed by atoms with van der Waals surface area (Å²) in [6, 6.07) is 7.34. The van der Waals surface area contributed by atoms with Crippen LogP contribution in [0.4, 0.5) is 4.79 Å². The van der Waals surface area contributed by atoms with Gasteiger partial charge in [-0.25, -0.2) is 4.79 Å². The van der Waals surface area contributed by atoms with Crippen LogP contribution in [0.15, 0.2) is 24.3 Å². The first-order valence-electron chi connectivity index (χ1n) is 5.77. The number of carbonyl (C=O) groups excluding carboxylic acids is 1. The maximum atomic E-state index is 11.6. The van der Waals surface area contributed by atoms with Crippen LogP contribution in [0.2, 0.25) is 0 Å². The average molecular weight is 249 g/mol. The molecule has 1 atom stereocenters. The first kappa shape index (κ1) is 12.4. The van der Waals surface area contributed by atoms with Crippen molar-refractivity contribution in [1.29, 1.82) is 0 Å². The summed E-state index contributed by atoms with van der Waals surface area (Å²) in [5.74, 6) is -0.923. The van der Waals surface area contributed by atoms with Crippen molar-refractivity contribution in [3.8, 4) is 0 Å². The lowest BCUT2D eigenvalue weighted by atomic mass is 10.1. The van der Waals surface area contributed by atoms with Crippen LogP contribution in [-0.2, 0) is 16.1 Å². The van der Waals surface area contributed by atoms with Crippen molar-refractivity contribution >= 4 is 12.1 Å². The summed E-state index contributed by atoms with van der Waals surface area (Å²) < 4.78 is 4.91. The highest BCUT2D eigenvalue weighted by molar-refractivity contribution is 5.73. The minimum atomic E-state index is -0.923. The normalized spacial score (nSPS) is 18.8. The number of nitrogens with zero attached hydrogens (tertiary/aromatic N) is 1. The highest BCUT2D eigenvalue weighted by Gasteiger charge is 2.34. The number of carboxylic acid groups (broad SMARTS) is 1. The molecule has 1 unspecified atom stereocenters. The van der Waals surface area contributed by atoms with Crippen molar-refractivity contribution in [3.63, 3.8) is 0 Å². The molecule has 0 bridgehead atoms. The molecular formula is C13H15NO4. The van der Waals surface area contributed by atoms with E-state index in [-0.39, 0.29) is 19.1 Å². The van der Waals surface area contributed by atoms with Crippen LogP contribution in [0.3, 0.4) is 0 Å². The van der Waals surface area contributed by atoms with Gasteiger partial charge in [-0.2, -0.15) is 0 Å². The maximum absolute atomic E-state index is 11.6. The molecular weight excluding hydrogens is 234 g/mol. The zero-order valence-electron chi connectivity index (χ0n) is 10.1. The van der Waals surface area contributed by atoms with E-state index in [4.69, 9.17) is 9.84 Å². The number of hydrogen-bond acceptors (Lipinski definition) is 3. The van der Waals surface area contributed by atoms with Crippen LogP contribution >= 0.6 is 0 Å². The van der Waals surface area contributed by atoms with E-state index in [1.165, 1.54) is 4.90 Å². The van der Waals surface area contributed by atoms with Gasteiger partial charge >= 0.3 is 12.1 Å². The molecule has 1 amide bonds. The quantitative estimate of drug-likeness (QED) is 0.883. The second kappa shape index (κ2) is 5.08. The second-order valence-electron chi connectivity index (χ2n) is 4.38. The lowest BCUT2D eigenvalue weighted by molar-refractivity contribution is -0.138. The zero-order chi connectivity index (χ0) is 13.1. The van der Waals surface area contributed by atoms with Crippen LogP contribution in [-0.4, -0.2) is 34.7 Å². The number of aliphatic carboxylic acids is 1. The molecule has 18 heavy (non-hydrogen) atoms. The number of amides is 1. The van der Waals surface area contributed by atoms with Crippen molar-refractivity contribution in [1.82, 2.24) is 4.90 Å². The number of ether oxygens (including phenoxy) is 1. The number of benzene rings is 1. The molecule has 1 aliphatic heterocycles. The number of aryl methyl sites for hydroxylation is 1. The Hall–Kier alpha value is -2.04. The summed E-state index contributed by atoms with van der Waals surface area (Å²) in [7, 11) is 0. The Morgan fingerprint density at radius 2 is 2.22 bits per heavy atom. The lowest BCUT2D eigenvalue weighted by Gasteiger charge is -2.20. The van der Waals surface area contributed by atoms with E-state index >= 15 is 0 Å². The maximum Gasteiger partial charge on any atom is 0.410 e. The summed E-state index contributed by atoms with van der Waals surface area (Å²) in [6.07, 6.45) is -0.526. The highest BCUT2D eigenvalue weighted by atomic mass is 16.6. The van der Waals surface area contributed by atoms with E-state index in [0.29, 0.717) is 6.54 Å². The predicted octanol–water partition coefficient (Wildman–Crippen LogP) is 1.79. The van der Waals surface area contributed by atoms with Gasteiger partial charge in [-0.15, -0.1) is 0 Å². The van der Waals surface area contributed by atoms with E-state index in [1.54, 1.807) is 0 Å². The fourth-order valence-electron chi connectivity index (χ4n) is 2.02. The van der Waals surface area contributed by atoms with Crippen LogP contribution in [0.5, 0.6) is 0 Å². The monoisotopic (exact) mass is 249 g/mol. The van der Waals surface area contributed by atoms with Crippen LogP contribution in [0.1, 0.15) is 17.5 Å². The average Bonchev–Trinajstić information content (AvgIpc) is 2.64. The largest absolute Gasteiger partial charge is 0.481 e. The fraction of sp³-hybridized carbons (Fsp3) is 0.385. The van der Waals surface area contributed by atoms with Gasteiger partial charge in [0.15, 0.2) is 0 Å². The number of hydrogen-bond donors (Lipinski definition) is 1. The summed E-state index contributed by atoms with van der Waals surface area (Å²) >= 11 is 0. The van der Waals surface area contributed by atoms with Gasteiger partial charge < -0.3 is 9.84 Å². The third-order valence-corrected chi connectivity index (χ3v) is 3.09. The van der Waals surface area contributed by atoms with Gasteiger partial charge in [-0.1, -0.05) is 24.3 Å². The summed E-state index contributed by atoms with van der Waals surface area (Å²) in [5.41, 5.74) is 2.08. The van der Waals surface area contributed by atoms with Gasteiger partial charge in [-0.05, 0) is 18.1 Å². The van der Waals surface area contributed by atoms with E-state index in [1.807, 2.05) is 31.2 Å². The molecule has 0 saturated carbocycles. The number of carbonyl (C=O) groups is 2. The summed E-state index contributed by atoms with van der Waals surface area (Å²) in [5, 5.41) is 8.81. The van der Waals surface area contributed by atoms with E-state index in [9.17, 15) is 9.59 Å². The van der Waals surface area contributed by atoms with Gasteiger partial charge in [0, 0.05) is 6.54 Å². The molecule has 1 N–H and O–H groups in total. The van der Waals surface area contributed by atoms with Crippen molar-refractivity contribution in [2.75, 3.05) is 6.61 Å². The molecule has 0 radical (unpaired) electrons. The first-order chi connectivity index (χ1) is 8.58. The van der Waals surface area contributed by atoms with E-state index < -0.39 is 12.1 Å². The van der Waals surface area contributed by atoms with Crippen molar-refractivity contribution in [2.24, 2.45) is 0 Å². The fourth-order valence-corrected chi connectivity index (χ4v) is 2.02. The Kier molecular flexibility index (Phi) is 3.50. The van der Waals surface area contributed by atoms with E-state index in [2.05, 4.69) is 0 Å². The van der Waals surface area contributed by atoms with Gasteiger partial charge in [-0.3, -0.25) is 9.69 Å². The Bertz CT molecular complexity index is 472. The minimum Gasteiger partial charge on any atom is -0.481 e. The molecule has 1 saturated heterocycles. The number of carboxylic acids is 1. The zero-order valence-corrected chi connectivity index (χ0v) is 10.1. The van der Waals surface area contributed by atoms with Crippen LogP contribution < -0.4 is 0 Å². The smallest absolute Gasteiger partial charge is 0.410 e. The number of rotatable bonds is 4. The van der Waals surface area contributed by atoms with Gasteiger partial charge in [0.2, 0.25) is 0 Å². The second-order valence-corrected chi connectivity index (χ2v) is 4.38. The van der Waals surface area contributed by atoms with Gasteiger partial charge in [0.25, 0.3) is 0 Å². The topological polar surface area (TPSA) is 66.8 Å². The van der Waals surface area contributed by atoms with Gasteiger partial charge in [0.1, 0.15) is 6.61 Å². The molecule has 1 aromatic rings. The standard InChI is InChI=1S/C13H15NO4/c1-9-4-2-3-5-10(9)7-14-11(6-12(15)16)8-18-13(14)17/h2-5,11H,6-8H2,1H3,(H,15,16). The molecule has 1 heterocycles. The molecule has 0 spiro atoms. The van der Waals surface area contributed by atoms with Crippen molar-refractivity contribution in [2.45, 2.75) is 25.9 Å². The number of cyclic esters (lactones) is 1. The Morgan fingerprint density at radius 1 is 1.50 bits per heavy atom. The molecule has 1 aromatic carbocycles. The Labute approximate surface area is 105 Å². The van der Waals surface area contributed by atoms with E-state index in [0.717, 1.165) is 11.1 Å². The first-order valence-corrected chi connectivity index (χ1v) is 5.77. The van der Waals surface area contributed by atoms with Crippen molar-refractivity contribution in [3.05, 3.63) is 35.4 Å². The molecule has 0 aromatic heterocycles. The molecule has 2 rings (SSSR count). The third-order valence-electron chi connectivity index (χ3n) is 3.09. The SMILES string of the molecule is Cc1ccccc1CN1C(=O)OCC1CC(=O)O. The summed E-state index contributed by atoms with van der Waals surface area (Å²) in [6.45, 7) is 2.50. The lowest BCUT2D eigenvalue weighted by Crippen LogP contribution is -2.34. The summed E-state index contributed by atoms with van der Waals surface area (Å²) in [4.78, 5) is 23.8. The van der Waals surface area contributed by atoms with Crippen LogP contribution in [0, 0.1) is 6.92 Å². The molecule has 0 aliphatic carbocycles. The Morgan fingerprint density at radius 3 is 2.89 bits per heavy atom. The minimum absolute atomic E-state index is 0.0857. The van der Waals surface area contributed by atoms with Gasteiger partial charge in [0.05, 0.1) is 12.5 Å².